The van der Waals surface area contributed by atoms with Crippen molar-refractivity contribution < 1.29 is 19.0 Å². The SMILES string of the molecule is COc1cc(Cn2ccnc2C2CCN(C(=O)c3cc(=O)[nH]c4ccccc34)CC2)cc(OC)c1OC. The Hall–Kier alpha value is -4.27. The number of H-pyrrole nitrogens is 1. The first-order valence-electron chi connectivity index (χ1n) is 12.2. The van der Waals surface area contributed by atoms with Crippen LogP contribution in [0.1, 0.15) is 40.5 Å². The van der Waals surface area contributed by atoms with E-state index in [1.807, 2.05) is 53.7 Å². The quantitative estimate of drug-likeness (QED) is 0.413. The summed E-state index contributed by atoms with van der Waals surface area (Å²) in [5.41, 5.74) is 1.84. The number of hydrogen-bond acceptors (Lipinski definition) is 6. The summed E-state index contributed by atoms with van der Waals surface area (Å²) in [7, 11) is 4.80. The molecule has 37 heavy (non-hydrogen) atoms. The number of para-hydroxylation sites is 1. The maximum atomic E-state index is 13.4. The molecule has 1 aliphatic heterocycles. The van der Waals surface area contributed by atoms with Crippen molar-refractivity contribution in [3.05, 3.63) is 82.2 Å². The third kappa shape index (κ3) is 4.76. The van der Waals surface area contributed by atoms with E-state index in [1.54, 1.807) is 21.3 Å². The minimum atomic E-state index is -0.272. The van der Waals surface area contributed by atoms with Crippen LogP contribution in [0.3, 0.4) is 0 Å². The Morgan fingerprint density at radius 2 is 1.73 bits per heavy atom. The molecule has 0 radical (unpaired) electrons. The first-order chi connectivity index (χ1) is 18.0. The highest BCUT2D eigenvalue weighted by molar-refractivity contribution is 6.05. The van der Waals surface area contributed by atoms with Crippen LogP contribution in [-0.4, -0.2) is 59.8 Å². The van der Waals surface area contributed by atoms with Crippen molar-refractivity contribution in [2.24, 2.45) is 0 Å². The number of benzene rings is 2. The molecule has 1 fully saturated rings. The van der Waals surface area contributed by atoms with Gasteiger partial charge in [0.1, 0.15) is 5.82 Å². The zero-order chi connectivity index (χ0) is 25.9. The van der Waals surface area contributed by atoms with Crippen molar-refractivity contribution in [3.8, 4) is 17.2 Å². The summed E-state index contributed by atoms with van der Waals surface area (Å²) in [6.07, 6.45) is 5.37. The van der Waals surface area contributed by atoms with Crippen molar-refractivity contribution >= 4 is 16.8 Å². The molecule has 0 atom stereocenters. The summed E-state index contributed by atoms with van der Waals surface area (Å²) in [5, 5.41) is 0.759. The third-order valence-electron chi connectivity index (χ3n) is 6.95. The fourth-order valence-electron chi connectivity index (χ4n) is 5.13. The van der Waals surface area contributed by atoms with Gasteiger partial charge in [-0.05, 0) is 36.6 Å². The number of pyridine rings is 1. The molecule has 5 rings (SSSR count). The van der Waals surface area contributed by atoms with Gasteiger partial charge in [-0.2, -0.15) is 0 Å². The van der Waals surface area contributed by atoms with Crippen LogP contribution >= 0.6 is 0 Å². The predicted molar refractivity (Wildman–Crippen MR) is 140 cm³/mol. The predicted octanol–water partition coefficient (Wildman–Crippen LogP) is 3.82. The van der Waals surface area contributed by atoms with Crippen molar-refractivity contribution in [1.29, 1.82) is 0 Å². The summed E-state index contributed by atoms with van der Waals surface area (Å²) < 4.78 is 18.6. The summed E-state index contributed by atoms with van der Waals surface area (Å²) in [6, 6.07) is 12.7. The summed E-state index contributed by atoms with van der Waals surface area (Å²) in [5.74, 6) is 2.88. The Kier molecular flexibility index (Phi) is 6.85. The molecule has 1 aliphatic rings. The van der Waals surface area contributed by atoms with Crippen LogP contribution in [-0.2, 0) is 6.54 Å². The fourth-order valence-corrected chi connectivity index (χ4v) is 5.13. The molecule has 2 aromatic carbocycles. The lowest BCUT2D eigenvalue weighted by Crippen LogP contribution is -2.38. The number of fused-ring (bicyclic) bond motifs is 1. The topological polar surface area (TPSA) is 98.7 Å². The molecular weight excluding hydrogens is 472 g/mol. The Labute approximate surface area is 214 Å². The van der Waals surface area contributed by atoms with Gasteiger partial charge in [-0.25, -0.2) is 4.98 Å². The highest BCUT2D eigenvalue weighted by Gasteiger charge is 2.28. The lowest BCUT2D eigenvalue weighted by atomic mass is 9.95. The molecule has 0 unspecified atom stereocenters. The van der Waals surface area contributed by atoms with E-state index in [4.69, 9.17) is 14.2 Å². The molecule has 3 heterocycles. The van der Waals surface area contributed by atoms with Gasteiger partial charge in [0.2, 0.25) is 11.3 Å². The summed E-state index contributed by atoms with van der Waals surface area (Å²) in [4.78, 5) is 34.8. The average Bonchev–Trinajstić information content (AvgIpc) is 3.39. The van der Waals surface area contributed by atoms with Crippen LogP contribution < -0.4 is 19.8 Å². The number of nitrogens with zero attached hydrogens (tertiary/aromatic N) is 3. The second-order valence-corrected chi connectivity index (χ2v) is 9.11. The maximum absolute atomic E-state index is 13.4. The zero-order valence-electron chi connectivity index (χ0n) is 21.2. The monoisotopic (exact) mass is 502 g/mol. The molecule has 0 spiro atoms. The number of nitrogens with one attached hydrogen (secondary N) is 1. The number of aromatic nitrogens is 3. The number of methoxy groups -OCH3 is 3. The molecule has 0 saturated carbocycles. The second kappa shape index (κ2) is 10.4. The van der Waals surface area contributed by atoms with E-state index in [0.717, 1.165) is 29.6 Å². The molecule has 1 saturated heterocycles. The Bertz CT molecular complexity index is 1460. The largest absolute Gasteiger partial charge is 0.493 e. The molecule has 9 heteroatoms. The third-order valence-corrected chi connectivity index (χ3v) is 6.95. The Balaban J connectivity index is 1.32. The number of rotatable bonds is 7. The van der Waals surface area contributed by atoms with Gasteiger partial charge in [-0.3, -0.25) is 9.59 Å². The number of hydrogen-bond donors (Lipinski definition) is 1. The summed E-state index contributed by atoms with van der Waals surface area (Å²) in [6.45, 7) is 1.80. The van der Waals surface area contributed by atoms with Gasteiger partial charge >= 0.3 is 0 Å². The first-order valence-corrected chi connectivity index (χ1v) is 12.2. The van der Waals surface area contributed by atoms with Crippen LogP contribution in [0, 0.1) is 0 Å². The Morgan fingerprint density at radius 1 is 1.03 bits per heavy atom. The van der Waals surface area contributed by atoms with E-state index >= 15 is 0 Å². The Morgan fingerprint density at radius 3 is 2.41 bits per heavy atom. The number of likely N-dealkylation sites (tertiary alicyclic amines) is 1. The summed E-state index contributed by atoms with van der Waals surface area (Å²) >= 11 is 0. The van der Waals surface area contributed by atoms with Crippen molar-refractivity contribution in [1.82, 2.24) is 19.4 Å². The number of carbonyl (C=O) groups excluding carboxylic acids is 1. The van der Waals surface area contributed by atoms with Gasteiger partial charge in [-0.15, -0.1) is 0 Å². The van der Waals surface area contributed by atoms with Crippen LogP contribution in [0.4, 0.5) is 0 Å². The van der Waals surface area contributed by atoms with Gasteiger partial charge in [0.15, 0.2) is 11.5 Å². The molecule has 0 aliphatic carbocycles. The number of piperidine rings is 1. The van der Waals surface area contributed by atoms with Gasteiger partial charge in [0, 0.05) is 54.9 Å². The number of imidazole rings is 1. The van der Waals surface area contributed by atoms with E-state index in [9.17, 15) is 9.59 Å². The van der Waals surface area contributed by atoms with Crippen molar-refractivity contribution in [2.45, 2.75) is 25.3 Å². The van der Waals surface area contributed by atoms with E-state index in [0.29, 0.717) is 48.0 Å². The number of aromatic amines is 1. The lowest BCUT2D eigenvalue weighted by molar-refractivity contribution is 0.0712. The molecule has 0 bridgehead atoms. The molecule has 2 aromatic heterocycles. The fraction of sp³-hybridized carbons (Fsp3) is 0.321. The lowest BCUT2D eigenvalue weighted by Gasteiger charge is -2.32. The van der Waals surface area contributed by atoms with E-state index < -0.39 is 0 Å². The standard InChI is InChI=1S/C28H30N4O5/c1-35-23-14-18(15-24(36-2)26(23)37-3)17-32-13-10-29-27(32)19-8-11-31(12-9-19)28(34)21-16-25(33)30-22-7-5-4-6-20(21)22/h4-7,10,13-16,19H,8-9,11-12,17H2,1-3H3,(H,30,33). The van der Waals surface area contributed by atoms with Crippen LogP contribution in [0.25, 0.3) is 10.9 Å². The van der Waals surface area contributed by atoms with Gasteiger partial charge < -0.3 is 28.7 Å². The van der Waals surface area contributed by atoms with E-state index in [1.165, 1.54) is 6.07 Å². The van der Waals surface area contributed by atoms with Gasteiger partial charge in [0.25, 0.3) is 5.91 Å². The van der Waals surface area contributed by atoms with Crippen LogP contribution in [0.2, 0.25) is 0 Å². The molecular formula is C28H30N4O5. The van der Waals surface area contributed by atoms with Crippen molar-refractivity contribution in [3.63, 3.8) is 0 Å². The zero-order valence-corrected chi connectivity index (χ0v) is 21.2. The van der Waals surface area contributed by atoms with E-state index in [-0.39, 0.29) is 17.4 Å². The minimum Gasteiger partial charge on any atom is -0.493 e. The molecule has 9 nitrogen and oxygen atoms in total. The highest BCUT2D eigenvalue weighted by atomic mass is 16.5. The minimum absolute atomic E-state index is 0.110. The highest BCUT2D eigenvalue weighted by Crippen LogP contribution is 2.38. The normalized spacial score (nSPS) is 14.1. The van der Waals surface area contributed by atoms with Gasteiger partial charge in [-0.1, -0.05) is 18.2 Å². The average molecular weight is 503 g/mol. The number of carbonyl (C=O) groups is 1. The van der Waals surface area contributed by atoms with Gasteiger partial charge in [0.05, 0.1) is 26.9 Å². The number of amides is 1. The molecule has 1 amide bonds. The van der Waals surface area contributed by atoms with E-state index in [2.05, 4.69) is 14.5 Å². The smallest absolute Gasteiger partial charge is 0.254 e. The molecule has 1 N–H and O–H groups in total. The van der Waals surface area contributed by atoms with Crippen LogP contribution in [0.15, 0.2) is 59.7 Å². The second-order valence-electron chi connectivity index (χ2n) is 9.11. The molecule has 4 aromatic rings. The van der Waals surface area contributed by atoms with Crippen molar-refractivity contribution in [2.75, 3.05) is 34.4 Å². The number of ether oxygens (including phenoxy) is 3. The van der Waals surface area contributed by atoms with Crippen LogP contribution in [0.5, 0.6) is 17.2 Å². The first kappa shape index (κ1) is 24.4. The maximum Gasteiger partial charge on any atom is 0.254 e. The molecule has 192 valence electrons.